The Balaban J connectivity index is 1.49. The predicted octanol–water partition coefficient (Wildman–Crippen LogP) is 5.99. The molecule has 200 valence electrons. The Morgan fingerprint density at radius 2 is 1.67 bits per heavy atom. The van der Waals surface area contributed by atoms with Gasteiger partial charge in [-0.2, -0.15) is 5.10 Å². The van der Waals surface area contributed by atoms with Crippen LogP contribution in [0.5, 0.6) is 11.5 Å². The molecule has 1 unspecified atom stereocenters. The standard InChI is InChI=1S/C31H30ClN3O4/c1-20(2)29(34-30(36)23-10-15-25(38-3)16-11-23)31(37)35-33-18-27-26-7-5-4-6-22(26)12-17-28(27)39-19-21-8-13-24(32)14-9-21/h4-18,20,29H,19H2,1-3H3,(H,34,36)(H,35,37). The van der Waals surface area contributed by atoms with Crippen LogP contribution < -0.4 is 20.2 Å². The van der Waals surface area contributed by atoms with Crippen LogP contribution in [0.4, 0.5) is 0 Å². The molecule has 8 heteroatoms. The van der Waals surface area contributed by atoms with Gasteiger partial charge in [-0.25, -0.2) is 5.43 Å². The van der Waals surface area contributed by atoms with Gasteiger partial charge in [-0.05, 0) is 64.7 Å². The first-order valence-electron chi connectivity index (χ1n) is 12.5. The number of halogens is 1. The Bertz CT molecular complexity index is 1470. The number of nitrogens with one attached hydrogen (secondary N) is 2. The first kappa shape index (κ1) is 27.7. The van der Waals surface area contributed by atoms with Crippen LogP contribution in [-0.2, 0) is 11.4 Å². The smallest absolute Gasteiger partial charge is 0.262 e. The maximum atomic E-state index is 13.0. The fourth-order valence-corrected chi connectivity index (χ4v) is 4.13. The summed E-state index contributed by atoms with van der Waals surface area (Å²) in [4.78, 5) is 25.8. The van der Waals surface area contributed by atoms with Crippen LogP contribution in [0.2, 0.25) is 5.02 Å². The molecule has 7 nitrogen and oxygen atoms in total. The van der Waals surface area contributed by atoms with E-state index in [-0.39, 0.29) is 11.8 Å². The third kappa shape index (κ3) is 7.15. The van der Waals surface area contributed by atoms with Gasteiger partial charge in [0.1, 0.15) is 24.1 Å². The van der Waals surface area contributed by atoms with E-state index in [4.69, 9.17) is 21.1 Å². The quantitative estimate of drug-likeness (QED) is 0.190. The molecule has 4 aromatic rings. The van der Waals surface area contributed by atoms with Gasteiger partial charge in [-0.3, -0.25) is 9.59 Å². The topological polar surface area (TPSA) is 89.0 Å². The van der Waals surface area contributed by atoms with Crippen molar-refractivity contribution in [2.45, 2.75) is 26.5 Å². The zero-order chi connectivity index (χ0) is 27.8. The number of hydrogen-bond donors (Lipinski definition) is 2. The van der Waals surface area contributed by atoms with E-state index in [9.17, 15) is 9.59 Å². The van der Waals surface area contributed by atoms with Crippen LogP contribution in [0.1, 0.15) is 35.3 Å². The minimum absolute atomic E-state index is 0.168. The van der Waals surface area contributed by atoms with Crippen LogP contribution in [0, 0.1) is 5.92 Å². The number of hydrazone groups is 1. The van der Waals surface area contributed by atoms with E-state index in [1.54, 1.807) is 37.6 Å². The summed E-state index contributed by atoms with van der Waals surface area (Å²) in [7, 11) is 1.56. The van der Waals surface area contributed by atoms with E-state index in [0.29, 0.717) is 28.7 Å². The van der Waals surface area contributed by atoms with E-state index in [0.717, 1.165) is 21.9 Å². The summed E-state index contributed by atoms with van der Waals surface area (Å²) in [6.07, 6.45) is 1.57. The molecule has 4 rings (SSSR count). The zero-order valence-corrected chi connectivity index (χ0v) is 22.7. The number of amides is 2. The van der Waals surface area contributed by atoms with E-state index < -0.39 is 11.9 Å². The highest BCUT2D eigenvalue weighted by Gasteiger charge is 2.24. The Morgan fingerprint density at radius 1 is 0.949 bits per heavy atom. The lowest BCUT2D eigenvalue weighted by Gasteiger charge is -2.20. The van der Waals surface area contributed by atoms with Gasteiger partial charge in [0.25, 0.3) is 11.8 Å². The average Bonchev–Trinajstić information content (AvgIpc) is 2.95. The largest absolute Gasteiger partial charge is 0.497 e. The van der Waals surface area contributed by atoms with E-state index in [2.05, 4.69) is 15.8 Å². The summed E-state index contributed by atoms with van der Waals surface area (Å²) in [6, 6.07) is 25.1. The molecule has 0 spiro atoms. The second-order valence-electron chi connectivity index (χ2n) is 9.27. The molecular weight excluding hydrogens is 514 g/mol. The number of nitrogens with zero attached hydrogens (tertiary/aromatic N) is 1. The number of fused-ring (bicyclic) bond motifs is 1. The highest BCUT2D eigenvalue weighted by molar-refractivity contribution is 6.30. The molecule has 0 saturated carbocycles. The van der Waals surface area contributed by atoms with Gasteiger partial charge in [-0.15, -0.1) is 0 Å². The Hall–Kier alpha value is -4.36. The summed E-state index contributed by atoms with van der Waals surface area (Å²) in [5.41, 5.74) is 4.71. The highest BCUT2D eigenvalue weighted by atomic mass is 35.5. The molecular formula is C31H30ClN3O4. The van der Waals surface area contributed by atoms with Crippen molar-refractivity contribution in [3.8, 4) is 11.5 Å². The van der Waals surface area contributed by atoms with Gasteiger partial charge in [0.05, 0.1) is 13.3 Å². The van der Waals surface area contributed by atoms with Crippen LogP contribution in [0.15, 0.2) is 90.0 Å². The maximum Gasteiger partial charge on any atom is 0.262 e. The lowest BCUT2D eigenvalue weighted by atomic mass is 10.0. The number of carbonyl (C=O) groups is 2. The number of ether oxygens (including phenoxy) is 2. The third-order valence-electron chi connectivity index (χ3n) is 6.19. The van der Waals surface area contributed by atoms with Crippen LogP contribution >= 0.6 is 11.6 Å². The van der Waals surface area contributed by atoms with Crippen LogP contribution in [0.3, 0.4) is 0 Å². The Morgan fingerprint density at radius 3 is 2.36 bits per heavy atom. The summed E-state index contributed by atoms with van der Waals surface area (Å²) in [6.45, 7) is 4.06. The minimum atomic E-state index is -0.787. The molecule has 0 saturated heterocycles. The van der Waals surface area contributed by atoms with Crippen molar-refractivity contribution in [2.24, 2.45) is 11.0 Å². The molecule has 0 bridgehead atoms. The molecule has 2 amide bonds. The number of benzene rings is 4. The summed E-state index contributed by atoms with van der Waals surface area (Å²) in [5.74, 6) is 0.312. The molecule has 0 radical (unpaired) electrons. The molecule has 0 heterocycles. The first-order chi connectivity index (χ1) is 18.9. The van der Waals surface area contributed by atoms with E-state index in [1.165, 1.54) is 0 Å². The second-order valence-corrected chi connectivity index (χ2v) is 9.71. The highest BCUT2D eigenvalue weighted by Crippen LogP contribution is 2.27. The normalized spacial score (nSPS) is 11.9. The van der Waals surface area contributed by atoms with Crippen LogP contribution in [0.25, 0.3) is 10.8 Å². The SMILES string of the molecule is COc1ccc(C(=O)NC(C(=O)NN=Cc2c(OCc3ccc(Cl)cc3)ccc3ccccc23)C(C)C)cc1. The van der Waals surface area contributed by atoms with Crippen molar-refractivity contribution >= 4 is 40.4 Å². The lowest BCUT2D eigenvalue weighted by Crippen LogP contribution is -2.48. The Labute approximate surface area is 232 Å². The second kappa shape index (κ2) is 12.9. The van der Waals surface area contributed by atoms with Crippen molar-refractivity contribution in [3.63, 3.8) is 0 Å². The van der Waals surface area contributed by atoms with Gasteiger partial charge in [0.15, 0.2) is 0 Å². The van der Waals surface area contributed by atoms with E-state index >= 15 is 0 Å². The van der Waals surface area contributed by atoms with Crippen molar-refractivity contribution in [2.75, 3.05) is 7.11 Å². The van der Waals surface area contributed by atoms with Crippen molar-refractivity contribution < 1.29 is 19.1 Å². The maximum absolute atomic E-state index is 13.0. The van der Waals surface area contributed by atoms with Gasteiger partial charge >= 0.3 is 0 Å². The summed E-state index contributed by atoms with van der Waals surface area (Å²) in [5, 5.41) is 9.64. The molecule has 39 heavy (non-hydrogen) atoms. The molecule has 1 atom stereocenters. The van der Waals surface area contributed by atoms with Crippen molar-refractivity contribution in [1.82, 2.24) is 10.7 Å². The average molecular weight is 544 g/mol. The van der Waals surface area contributed by atoms with Gasteiger partial charge in [0.2, 0.25) is 0 Å². The fourth-order valence-electron chi connectivity index (χ4n) is 4.01. The minimum Gasteiger partial charge on any atom is -0.497 e. The number of rotatable bonds is 10. The van der Waals surface area contributed by atoms with Crippen molar-refractivity contribution in [3.05, 3.63) is 107 Å². The molecule has 4 aromatic carbocycles. The van der Waals surface area contributed by atoms with Crippen LogP contribution in [-0.4, -0.2) is 31.2 Å². The first-order valence-corrected chi connectivity index (χ1v) is 12.9. The van der Waals surface area contributed by atoms with Crippen molar-refractivity contribution in [1.29, 1.82) is 0 Å². The monoisotopic (exact) mass is 543 g/mol. The zero-order valence-electron chi connectivity index (χ0n) is 22.0. The summed E-state index contributed by atoms with van der Waals surface area (Å²) < 4.78 is 11.3. The fraction of sp³-hybridized carbons (Fsp3) is 0.194. The molecule has 2 N–H and O–H groups in total. The Kier molecular flexibility index (Phi) is 9.18. The molecule has 0 aliphatic heterocycles. The number of carbonyl (C=O) groups excluding carboxylic acids is 2. The van der Waals surface area contributed by atoms with Gasteiger partial charge in [-0.1, -0.05) is 67.9 Å². The van der Waals surface area contributed by atoms with Gasteiger partial charge < -0.3 is 14.8 Å². The molecule has 0 fully saturated rings. The molecule has 0 aliphatic carbocycles. The number of hydrogen-bond acceptors (Lipinski definition) is 5. The number of methoxy groups -OCH3 is 1. The molecule has 0 aromatic heterocycles. The summed E-state index contributed by atoms with van der Waals surface area (Å²) >= 11 is 5.99. The lowest BCUT2D eigenvalue weighted by molar-refractivity contribution is -0.123. The third-order valence-corrected chi connectivity index (χ3v) is 6.45. The molecule has 0 aliphatic rings. The van der Waals surface area contributed by atoms with E-state index in [1.807, 2.05) is 74.5 Å². The van der Waals surface area contributed by atoms with Gasteiger partial charge in [0, 0.05) is 16.1 Å². The predicted molar refractivity (Wildman–Crippen MR) is 155 cm³/mol.